The predicted octanol–water partition coefficient (Wildman–Crippen LogP) is 2.46. The van der Waals surface area contributed by atoms with Crippen LogP contribution in [0.5, 0.6) is 0 Å². The van der Waals surface area contributed by atoms with E-state index in [4.69, 9.17) is 5.26 Å². The molecule has 0 spiro atoms. The minimum atomic E-state index is -1.10. The van der Waals surface area contributed by atoms with Gasteiger partial charge in [-0.3, -0.25) is 0 Å². The number of thiophene rings is 1. The van der Waals surface area contributed by atoms with Gasteiger partial charge in [0.05, 0.1) is 12.5 Å². The highest BCUT2D eigenvalue weighted by Gasteiger charge is 2.25. The van der Waals surface area contributed by atoms with Crippen molar-refractivity contribution >= 4 is 23.3 Å². The van der Waals surface area contributed by atoms with Gasteiger partial charge in [-0.25, -0.2) is 9.59 Å². The largest absolute Gasteiger partial charge is 0.479 e. The van der Waals surface area contributed by atoms with Crippen LogP contribution in [0.4, 0.5) is 4.79 Å². The van der Waals surface area contributed by atoms with Crippen molar-refractivity contribution in [2.75, 3.05) is 13.1 Å². The van der Waals surface area contributed by atoms with E-state index in [1.54, 1.807) is 17.5 Å². The number of carboxylic acid groups (broad SMARTS) is 1. The van der Waals surface area contributed by atoms with E-state index < -0.39 is 18.0 Å². The van der Waals surface area contributed by atoms with Crippen molar-refractivity contribution in [1.29, 1.82) is 5.26 Å². The second-order valence-electron chi connectivity index (χ2n) is 4.98. The molecular weight excluding hydrogens is 290 g/mol. The molecule has 7 heteroatoms. The van der Waals surface area contributed by atoms with E-state index in [1.807, 2.05) is 19.9 Å². The van der Waals surface area contributed by atoms with Gasteiger partial charge in [0, 0.05) is 18.0 Å². The van der Waals surface area contributed by atoms with Gasteiger partial charge < -0.3 is 15.3 Å². The fraction of sp³-hybridized carbons (Fsp3) is 0.500. The predicted molar refractivity (Wildman–Crippen MR) is 79.9 cm³/mol. The van der Waals surface area contributed by atoms with Crippen LogP contribution in [0, 0.1) is 17.2 Å². The molecule has 0 aliphatic carbocycles. The van der Waals surface area contributed by atoms with Gasteiger partial charge in [-0.05, 0) is 17.4 Å². The summed E-state index contributed by atoms with van der Waals surface area (Å²) in [4.78, 5) is 25.6. The van der Waals surface area contributed by atoms with Crippen LogP contribution in [0.15, 0.2) is 17.5 Å². The highest BCUT2D eigenvalue weighted by atomic mass is 32.1. The summed E-state index contributed by atoms with van der Waals surface area (Å²) in [6.45, 7) is 4.68. The van der Waals surface area contributed by atoms with Gasteiger partial charge in [-0.1, -0.05) is 19.9 Å². The molecule has 21 heavy (non-hydrogen) atoms. The normalized spacial score (nSPS) is 11.7. The number of nitrogens with one attached hydrogen (secondary N) is 1. The molecule has 0 aromatic carbocycles. The van der Waals surface area contributed by atoms with E-state index in [0.29, 0.717) is 11.4 Å². The molecule has 1 unspecified atom stereocenters. The molecule has 2 N–H and O–H groups in total. The number of hydrogen-bond donors (Lipinski definition) is 2. The van der Waals surface area contributed by atoms with Crippen molar-refractivity contribution < 1.29 is 14.7 Å². The third kappa shape index (κ3) is 5.44. The highest BCUT2D eigenvalue weighted by molar-refractivity contribution is 7.10. The number of carboxylic acids is 1. The molecule has 0 saturated carbocycles. The molecule has 1 atom stereocenters. The van der Waals surface area contributed by atoms with Gasteiger partial charge in [0.2, 0.25) is 0 Å². The molecule has 0 fully saturated rings. The van der Waals surface area contributed by atoms with E-state index in [9.17, 15) is 14.7 Å². The number of carbonyl (C=O) groups is 2. The number of hydrogen-bond acceptors (Lipinski definition) is 4. The van der Waals surface area contributed by atoms with Crippen molar-refractivity contribution in [2.45, 2.75) is 26.3 Å². The molecule has 0 saturated heterocycles. The number of aliphatic carboxylic acids is 1. The molecule has 1 rings (SSSR count). The minimum absolute atomic E-state index is 0.219. The number of nitriles is 1. The highest BCUT2D eigenvalue weighted by Crippen LogP contribution is 2.19. The fourth-order valence-corrected chi connectivity index (χ4v) is 2.59. The topological polar surface area (TPSA) is 93.4 Å². The number of rotatable bonds is 7. The van der Waals surface area contributed by atoms with E-state index in [-0.39, 0.29) is 18.9 Å². The van der Waals surface area contributed by atoms with E-state index in [1.165, 1.54) is 16.2 Å². The third-order valence-electron chi connectivity index (χ3n) is 2.71. The third-order valence-corrected chi connectivity index (χ3v) is 3.65. The molecule has 0 bridgehead atoms. The molecule has 6 nitrogen and oxygen atoms in total. The van der Waals surface area contributed by atoms with Crippen LogP contribution in [-0.4, -0.2) is 35.1 Å². The number of carbonyl (C=O) groups excluding carboxylic acids is 1. The van der Waals surface area contributed by atoms with Crippen molar-refractivity contribution in [3.05, 3.63) is 22.4 Å². The van der Waals surface area contributed by atoms with Crippen LogP contribution in [0.2, 0.25) is 0 Å². The Labute approximate surface area is 128 Å². The van der Waals surface area contributed by atoms with Gasteiger partial charge in [0.25, 0.3) is 0 Å². The zero-order chi connectivity index (χ0) is 15.8. The lowest BCUT2D eigenvalue weighted by Crippen LogP contribution is -2.45. The summed E-state index contributed by atoms with van der Waals surface area (Å²) < 4.78 is 0. The summed E-state index contributed by atoms with van der Waals surface area (Å²) in [7, 11) is 0. The Balaban J connectivity index is 2.78. The molecular formula is C14H19N3O3S. The SMILES string of the molecule is CC(C)CN(CCC#N)C(=O)NC(C(=O)O)c1cccs1. The average molecular weight is 309 g/mol. The van der Waals surface area contributed by atoms with Gasteiger partial charge in [0.1, 0.15) is 0 Å². The Morgan fingerprint density at radius 3 is 2.71 bits per heavy atom. The zero-order valence-corrected chi connectivity index (χ0v) is 12.9. The summed E-state index contributed by atoms with van der Waals surface area (Å²) in [6.07, 6.45) is 0.219. The van der Waals surface area contributed by atoms with Crippen LogP contribution in [0.25, 0.3) is 0 Å². The first-order valence-electron chi connectivity index (χ1n) is 6.64. The van der Waals surface area contributed by atoms with Gasteiger partial charge in [-0.15, -0.1) is 11.3 Å². The molecule has 1 aromatic rings. The van der Waals surface area contributed by atoms with Crippen LogP contribution < -0.4 is 5.32 Å². The molecule has 0 aliphatic heterocycles. The summed E-state index contributed by atoms with van der Waals surface area (Å²) >= 11 is 1.28. The Kier molecular flexibility index (Phi) is 6.69. The lowest BCUT2D eigenvalue weighted by Gasteiger charge is -2.25. The van der Waals surface area contributed by atoms with Crippen LogP contribution >= 0.6 is 11.3 Å². The van der Waals surface area contributed by atoms with Gasteiger partial charge in [-0.2, -0.15) is 5.26 Å². The van der Waals surface area contributed by atoms with Crippen LogP contribution in [0.1, 0.15) is 31.2 Å². The summed E-state index contributed by atoms with van der Waals surface area (Å²) in [6, 6.07) is 3.89. The maximum Gasteiger partial charge on any atom is 0.331 e. The lowest BCUT2D eigenvalue weighted by molar-refractivity contribution is -0.139. The summed E-state index contributed by atoms with van der Waals surface area (Å²) in [5.74, 6) is -0.866. The second kappa shape index (κ2) is 8.27. The van der Waals surface area contributed by atoms with Gasteiger partial charge in [0.15, 0.2) is 6.04 Å². The van der Waals surface area contributed by atoms with E-state index in [0.717, 1.165) is 0 Å². The molecule has 2 amide bonds. The quantitative estimate of drug-likeness (QED) is 0.809. The monoisotopic (exact) mass is 309 g/mol. The molecule has 1 heterocycles. The minimum Gasteiger partial charge on any atom is -0.479 e. The Bertz CT molecular complexity index is 508. The fourth-order valence-electron chi connectivity index (χ4n) is 1.83. The summed E-state index contributed by atoms with van der Waals surface area (Å²) in [5.41, 5.74) is 0. The van der Waals surface area contributed by atoms with Crippen molar-refractivity contribution in [2.24, 2.45) is 5.92 Å². The van der Waals surface area contributed by atoms with Crippen molar-refractivity contribution in [3.63, 3.8) is 0 Å². The first-order chi connectivity index (χ1) is 9.95. The van der Waals surface area contributed by atoms with Crippen LogP contribution in [0.3, 0.4) is 0 Å². The average Bonchev–Trinajstić information content (AvgIpc) is 2.93. The Morgan fingerprint density at radius 2 is 2.24 bits per heavy atom. The zero-order valence-electron chi connectivity index (χ0n) is 12.1. The van der Waals surface area contributed by atoms with Crippen LogP contribution in [-0.2, 0) is 4.79 Å². The molecule has 114 valence electrons. The second-order valence-corrected chi connectivity index (χ2v) is 5.96. The summed E-state index contributed by atoms with van der Waals surface area (Å²) in [5, 5.41) is 22.2. The smallest absolute Gasteiger partial charge is 0.331 e. The Morgan fingerprint density at radius 1 is 1.52 bits per heavy atom. The van der Waals surface area contributed by atoms with E-state index in [2.05, 4.69) is 5.32 Å². The van der Waals surface area contributed by atoms with Crippen molar-refractivity contribution in [3.8, 4) is 6.07 Å². The molecule has 0 radical (unpaired) electrons. The first-order valence-corrected chi connectivity index (χ1v) is 7.52. The standard InChI is InChI=1S/C14H19N3O3S/c1-10(2)9-17(7-4-6-15)14(20)16-12(13(18)19)11-5-3-8-21-11/h3,5,8,10,12H,4,7,9H2,1-2H3,(H,16,20)(H,18,19). The number of nitrogens with zero attached hydrogens (tertiary/aromatic N) is 2. The Hall–Kier alpha value is -2.07. The van der Waals surface area contributed by atoms with Gasteiger partial charge >= 0.3 is 12.0 Å². The molecule has 1 aromatic heterocycles. The lowest BCUT2D eigenvalue weighted by atomic mass is 10.2. The van der Waals surface area contributed by atoms with E-state index >= 15 is 0 Å². The first kappa shape index (κ1) is 17.0. The maximum absolute atomic E-state index is 12.2. The number of urea groups is 1. The van der Waals surface area contributed by atoms with Crippen molar-refractivity contribution in [1.82, 2.24) is 10.2 Å². The number of amides is 2. The molecule has 0 aliphatic rings. The maximum atomic E-state index is 12.2.